The minimum absolute atomic E-state index is 0.0209. The Kier molecular flexibility index (Phi) is 13.1. The summed E-state index contributed by atoms with van der Waals surface area (Å²) in [6.07, 6.45) is 6.19. The molecule has 0 aromatic heterocycles. The van der Waals surface area contributed by atoms with Crippen molar-refractivity contribution in [1.29, 1.82) is 0 Å². The van der Waals surface area contributed by atoms with E-state index in [1.54, 1.807) is 25.6 Å². The van der Waals surface area contributed by atoms with Crippen molar-refractivity contribution in [2.75, 3.05) is 20.2 Å². The Morgan fingerprint density at radius 2 is 1.93 bits per heavy atom. The SMILES string of the molecule is C=C/C=C(\CN/C=N\C(C)N(CC(C=C)NC(=O)OC(C)(C)C)C(=C)Br)[C@@H](C)OC. The lowest BCUT2D eigenvalue weighted by Crippen LogP contribution is -2.45. The summed E-state index contributed by atoms with van der Waals surface area (Å²) in [7, 11) is 1.67. The molecule has 7 nitrogen and oxygen atoms in total. The Morgan fingerprint density at radius 1 is 1.30 bits per heavy atom. The minimum atomic E-state index is -0.572. The van der Waals surface area contributed by atoms with E-state index in [1.165, 1.54) is 0 Å². The van der Waals surface area contributed by atoms with Gasteiger partial charge in [-0.2, -0.15) is 0 Å². The average molecular weight is 485 g/mol. The zero-order chi connectivity index (χ0) is 23.3. The van der Waals surface area contributed by atoms with Crippen molar-refractivity contribution in [2.45, 2.75) is 58.5 Å². The topological polar surface area (TPSA) is 75.2 Å². The van der Waals surface area contributed by atoms with Gasteiger partial charge in [-0.25, -0.2) is 4.79 Å². The number of halogens is 1. The molecule has 0 rings (SSSR count). The number of aliphatic imine (C=N–C) groups is 1. The standard InChI is InChI=1S/C22H37BrN4O3/c1-10-12-19(16(3)29-9)13-24-15-25-18(5)27(17(4)23)14-20(11-2)26-21(28)30-22(6,7)8/h10-12,15-16,18,20H,1-2,4,13-14H2,3,5-9H3,(H,24,25)(H,26,28)/b19-12+/t16-,18?,20?/m1/s1. The third kappa shape index (κ3) is 11.8. The first kappa shape index (κ1) is 27.9. The molecule has 30 heavy (non-hydrogen) atoms. The maximum atomic E-state index is 12.1. The first-order valence-corrected chi connectivity index (χ1v) is 10.6. The number of nitrogens with one attached hydrogen (secondary N) is 2. The molecule has 0 saturated carbocycles. The summed E-state index contributed by atoms with van der Waals surface area (Å²) >= 11 is 3.42. The van der Waals surface area contributed by atoms with Crippen LogP contribution in [0.5, 0.6) is 0 Å². The number of alkyl carbamates (subject to hydrolysis) is 1. The monoisotopic (exact) mass is 484 g/mol. The number of methoxy groups -OCH3 is 1. The van der Waals surface area contributed by atoms with E-state index in [0.717, 1.165) is 5.57 Å². The van der Waals surface area contributed by atoms with Gasteiger partial charge in [-0.3, -0.25) is 4.99 Å². The minimum Gasteiger partial charge on any atom is -0.444 e. The third-order valence-corrected chi connectivity index (χ3v) is 4.49. The van der Waals surface area contributed by atoms with E-state index in [4.69, 9.17) is 9.47 Å². The maximum Gasteiger partial charge on any atom is 0.408 e. The fourth-order valence-electron chi connectivity index (χ4n) is 2.35. The summed E-state index contributed by atoms with van der Waals surface area (Å²) in [5, 5.41) is 5.96. The van der Waals surface area contributed by atoms with Crippen LogP contribution in [0.15, 0.2) is 53.1 Å². The van der Waals surface area contributed by atoms with Crippen LogP contribution in [0.4, 0.5) is 4.79 Å². The van der Waals surface area contributed by atoms with Crippen LogP contribution in [0.2, 0.25) is 0 Å². The predicted molar refractivity (Wildman–Crippen MR) is 129 cm³/mol. The highest BCUT2D eigenvalue weighted by molar-refractivity contribution is 9.11. The van der Waals surface area contributed by atoms with Crippen molar-refractivity contribution in [3.63, 3.8) is 0 Å². The number of nitrogens with zero attached hydrogens (tertiary/aromatic N) is 2. The average Bonchev–Trinajstić information content (AvgIpc) is 2.64. The van der Waals surface area contributed by atoms with Gasteiger partial charge in [0.1, 0.15) is 11.8 Å². The molecule has 0 fully saturated rings. The highest BCUT2D eigenvalue weighted by Crippen LogP contribution is 2.16. The summed E-state index contributed by atoms with van der Waals surface area (Å²) in [5.74, 6) is 0. The van der Waals surface area contributed by atoms with Gasteiger partial charge in [0.05, 0.1) is 23.1 Å². The van der Waals surface area contributed by atoms with Crippen LogP contribution in [0.1, 0.15) is 34.6 Å². The van der Waals surface area contributed by atoms with Crippen LogP contribution in [-0.2, 0) is 9.47 Å². The number of rotatable bonds is 13. The van der Waals surface area contributed by atoms with Gasteiger partial charge in [-0.15, -0.1) is 6.58 Å². The molecular formula is C22H37BrN4O3. The largest absolute Gasteiger partial charge is 0.444 e. The Labute approximate surface area is 190 Å². The van der Waals surface area contributed by atoms with Crippen molar-refractivity contribution in [3.05, 3.63) is 48.1 Å². The summed E-state index contributed by atoms with van der Waals surface area (Å²) < 4.78 is 11.3. The van der Waals surface area contributed by atoms with Crippen LogP contribution in [0.25, 0.3) is 0 Å². The molecule has 0 aromatic rings. The summed E-state index contributed by atoms with van der Waals surface area (Å²) in [5.41, 5.74) is 0.485. The third-order valence-electron chi connectivity index (χ3n) is 4.04. The van der Waals surface area contributed by atoms with Gasteiger partial charge < -0.3 is 25.0 Å². The van der Waals surface area contributed by atoms with Gasteiger partial charge in [-0.05, 0) is 56.1 Å². The van der Waals surface area contributed by atoms with Crippen molar-refractivity contribution in [3.8, 4) is 0 Å². The Hall–Kier alpha value is -2.06. The van der Waals surface area contributed by atoms with Gasteiger partial charge in [0.15, 0.2) is 0 Å². The molecule has 2 unspecified atom stereocenters. The molecule has 0 spiro atoms. The van der Waals surface area contributed by atoms with Gasteiger partial charge >= 0.3 is 6.09 Å². The highest BCUT2D eigenvalue weighted by Gasteiger charge is 2.21. The lowest BCUT2D eigenvalue weighted by Gasteiger charge is -2.31. The molecule has 3 atom stereocenters. The van der Waals surface area contributed by atoms with E-state index in [0.29, 0.717) is 17.7 Å². The van der Waals surface area contributed by atoms with Crippen LogP contribution < -0.4 is 10.6 Å². The summed E-state index contributed by atoms with van der Waals surface area (Å²) in [6, 6.07) is -0.343. The number of ether oxygens (including phenoxy) is 2. The molecule has 2 N–H and O–H groups in total. The normalized spacial score (nSPS) is 15.1. The van der Waals surface area contributed by atoms with E-state index < -0.39 is 11.7 Å². The number of hydrogen-bond acceptors (Lipinski definition) is 5. The predicted octanol–water partition coefficient (Wildman–Crippen LogP) is 4.35. The van der Waals surface area contributed by atoms with E-state index >= 15 is 0 Å². The lowest BCUT2D eigenvalue weighted by molar-refractivity contribution is 0.0506. The zero-order valence-electron chi connectivity index (χ0n) is 19.1. The number of carbonyl (C=O) groups is 1. The van der Waals surface area contributed by atoms with Crippen LogP contribution >= 0.6 is 15.9 Å². The highest BCUT2D eigenvalue weighted by atomic mass is 79.9. The first-order valence-electron chi connectivity index (χ1n) is 9.77. The molecule has 0 radical (unpaired) electrons. The van der Waals surface area contributed by atoms with Crippen molar-refractivity contribution in [1.82, 2.24) is 15.5 Å². The second-order valence-corrected chi connectivity index (χ2v) is 8.58. The van der Waals surface area contributed by atoms with E-state index in [-0.39, 0.29) is 18.3 Å². The smallest absolute Gasteiger partial charge is 0.408 e. The van der Waals surface area contributed by atoms with E-state index in [9.17, 15) is 4.79 Å². The summed E-state index contributed by atoms with van der Waals surface area (Å²) in [6.45, 7) is 21.8. The van der Waals surface area contributed by atoms with Crippen LogP contribution in [0.3, 0.4) is 0 Å². The molecular weight excluding hydrogens is 448 g/mol. The molecule has 1 amide bonds. The van der Waals surface area contributed by atoms with Gasteiger partial charge in [-0.1, -0.05) is 31.4 Å². The van der Waals surface area contributed by atoms with Gasteiger partial charge in [0.2, 0.25) is 0 Å². The molecule has 0 bridgehead atoms. The van der Waals surface area contributed by atoms with Crippen molar-refractivity contribution in [2.24, 2.45) is 4.99 Å². The van der Waals surface area contributed by atoms with E-state index in [2.05, 4.69) is 51.3 Å². The fourth-order valence-corrected chi connectivity index (χ4v) is 2.79. The Balaban J connectivity index is 4.94. The zero-order valence-corrected chi connectivity index (χ0v) is 20.7. The molecule has 0 aliphatic heterocycles. The molecule has 170 valence electrons. The molecule has 8 heteroatoms. The number of amides is 1. The number of hydrogen-bond donors (Lipinski definition) is 2. The molecule has 0 heterocycles. The van der Waals surface area contributed by atoms with Crippen LogP contribution in [0, 0.1) is 0 Å². The van der Waals surface area contributed by atoms with Crippen molar-refractivity contribution >= 4 is 28.4 Å². The molecule has 0 aliphatic carbocycles. The van der Waals surface area contributed by atoms with Crippen molar-refractivity contribution < 1.29 is 14.3 Å². The molecule has 0 aromatic carbocycles. The van der Waals surface area contributed by atoms with E-state index in [1.807, 2.05) is 45.6 Å². The number of carbonyl (C=O) groups excluding carboxylic acids is 1. The second-order valence-electron chi connectivity index (χ2n) is 7.66. The first-order chi connectivity index (χ1) is 13.9. The van der Waals surface area contributed by atoms with Gasteiger partial charge in [0, 0.05) is 20.2 Å². The van der Waals surface area contributed by atoms with Crippen LogP contribution in [-0.4, -0.2) is 61.4 Å². The fraction of sp³-hybridized carbons (Fsp3) is 0.545. The Morgan fingerprint density at radius 3 is 2.40 bits per heavy atom. The molecule has 0 aliphatic rings. The van der Waals surface area contributed by atoms with Gasteiger partial charge in [0.25, 0.3) is 0 Å². The Bertz CT molecular complexity index is 641. The molecule has 0 saturated heterocycles. The lowest BCUT2D eigenvalue weighted by atomic mass is 10.1. The quantitative estimate of drug-likeness (QED) is 0.133. The number of allylic oxidation sites excluding steroid dienone is 2. The second kappa shape index (κ2) is 14.0. The summed E-state index contributed by atoms with van der Waals surface area (Å²) in [4.78, 5) is 18.5. The maximum absolute atomic E-state index is 12.1.